The first-order valence-corrected chi connectivity index (χ1v) is 13.1. The van der Waals surface area contributed by atoms with Crippen LogP contribution in [0, 0.1) is 16.7 Å². The van der Waals surface area contributed by atoms with Crippen molar-refractivity contribution in [2.24, 2.45) is 16.7 Å². The molecule has 37 heavy (non-hydrogen) atoms. The van der Waals surface area contributed by atoms with Gasteiger partial charge in [-0.1, -0.05) is 33.9 Å². The fourth-order valence-corrected chi connectivity index (χ4v) is 5.09. The van der Waals surface area contributed by atoms with Crippen molar-refractivity contribution in [3.8, 4) is 0 Å². The van der Waals surface area contributed by atoms with E-state index in [9.17, 15) is 19.2 Å². The Kier molecular flexibility index (Phi) is 14.8. The van der Waals surface area contributed by atoms with Crippen LogP contribution in [-0.2, 0) is 33.3 Å². The molecule has 0 aromatic heterocycles. The molecule has 0 spiro atoms. The fraction of sp³-hybridized carbons (Fsp3) is 0.714. The van der Waals surface area contributed by atoms with Gasteiger partial charge < -0.3 is 24.3 Å². The van der Waals surface area contributed by atoms with Crippen LogP contribution in [0.5, 0.6) is 0 Å². The van der Waals surface area contributed by atoms with Crippen molar-refractivity contribution in [1.82, 2.24) is 5.32 Å². The number of ether oxygens (including phenoxy) is 4. The summed E-state index contributed by atoms with van der Waals surface area (Å²) in [5.41, 5.74) is -0.127. The van der Waals surface area contributed by atoms with Crippen molar-refractivity contribution in [3.63, 3.8) is 0 Å². The summed E-state index contributed by atoms with van der Waals surface area (Å²) in [5, 5.41) is 2.89. The third-order valence-corrected chi connectivity index (χ3v) is 6.24. The van der Waals surface area contributed by atoms with E-state index in [4.69, 9.17) is 18.9 Å². The lowest BCUT2D eigenvalue weighted by atomic mass is 9.60. The number of nitrogens with one attached hydrogen (secondary N) is 1. The Morgan fingerprint density at radius 1 is 0.865 bits per heavy atom. The van der Waals surface area contributed by atoms with Crippen LogP contribution in [0.4, 0.5) is 4.79 Å². The number of unbranched alkanes of at least 4 members (excludes halogenated alkanes) is 2. The highest BCUT2D eigenvalue weighted by atomic mass is 16.5. The number of esters is 2. The maximum absolute atomic E-state index is 12.4. The Morgan fingerprint density at radius 2 is 1.49 bits per heavy atom. The number of hydrogen-bond donors (Lipinski definition) is 1. The van der Waals surface area contributed by atoms with Gasteiger partial charge in [-0.3, -0.25) is 9.59 Å². The molecular formula is C28H45NO8. The number of carbonyl (C=O) groups excluding carboxylic acids is 4. The molecular weight excluding hydrogens is 478 g/mol. The van der Waals surface area contributed by atoms with E-state index in [0.29, 0.717) is 51.9 Å². The third-order valence-electron chi connectivity index (χ3n) is 6.24. The Labute approximate surface area is 221 Å². The smallest absolute Gasteiger partial charge is 0.407 e. The predicted molar refractivity (Wildman–Crippen MR) is 140 cm³/mol. The van der Waals surface area contributed by atoms with Crippen molar-refractivity contribution in [3.05, 3.63) is 25.3 Å². The normalized spacial score (nSPS) is 20.4. The average molecular weight is 524 g/mol. The van der Waals surface area contributed by atoms with E-state index in [2.05, 4.69) is 39.2 Å². The van der Waals surface area contributed by atoms with Crippen LogP contribution in [0.15, 0.2) is 25.3 Å². The molecule has 1 aliphatic carbocycles. The molecule has 0 saturated heterocycles. The van der Waals surface area contributed by atoms with Gasteiger partial charge in [0.05, 0.1) is 19.8 Å². The molecule has 0 aromatic carbocycles. The van der Waals surface area contributed by atoms with Crippen molar-refractivity contribution in [2.75, 3.05) is 39.6 Å². The van der Waals surface area contributed by atoms with Gasteiger partial charge in [-0.15, -0.1) is 0 Å². The minimum atomic E-state index is -0.456. The molecule has 0 aromatic rings. The number of carbonyl (C=O) groups is 4. The first-order chi connectivity index (χ1) is 17.5. The molecule has 9 nitrogen and oxygen atoms in total. The molecule has 2 atom stereocenters. The van der Waals surface area contributed by atoms with E-state index in [0.717, 1.165) is 25.3 Å². The SMILES string of the molecule is C=CC(=O)COCCCCOC(=O)NCC1(C)CC(CC(=O)OCCCCOC(=O)C=C)CC(C)(C)C1. The summed E-state index contributed by atoms with van der Waals surface area (Å²) in [4.78, 5) is 46.7. The summed E-state index contributed by atoms with van der Waals surface area (Å²) >= 11 is 0. The highest BCUT2D eigenvalue weighted by Crippen LogP contribution is 2.49. The number of ketones is 1. The van der Waals surface area contributed by atoms with Crippen LogP contribution < -0.4 is 5.32 Å². The van der Waals surface area contributed by atoms with E-state index in [1.807, 2.05) is 0 Å². The molecule has 1 N–H and O–H groups in total. The molecule has 9 heteroatoms. The van der Waals surface area contributed by atoms with Gasteiger partial charge in [-0.25, -0.2) is 9.59 Å². The van der Waals surface area contributed by atoms with Crippen molar-refractivity contribution in [2.45, 2.75) is 72.1 Å². The van der Waals surface area contributed by atoms with Crippen molar-refractivity contribution >= 4 is 23.8 Å². The van der Waals surface area contributed by atoms with E-state index in [1.165, 1.54) is 6.08 Å². The molecule has 0 heterocycles. The Morgan fingerprint density at radius 3 is 2.14 bits per heavy atom. The summed E-state index contributed by atoms with van der Waals surface area (Å²) in [5.74, 6) is -0.670. The first-order valence-electron chi connectivity index (χ1n) is 13.1. The summed E-state index contributed by atoms with van der Waals surface area (Å²) in [6, 6.07) is 0. The summed E-state index contributed by atoms with van der Waals surface area (Å²) < 4.78 is 20.8. The van der Waals surface area contributed by atoms with Crippen molar-refractivity contribution in [1.29, 1.82) is 0 Å². The summed E-state index contributed by atoms with van der Waals surface area (Å²) in [6.07, 6.45) is 7.46. The second-order valence-electron chi connectivity index (χ2n) is 10.8. The lowest BCUT2D eigenvalue weighted by molar-refractivity contribution is -0.146. The molecule has 1 saturated carbocycles. The zero-order valence-electron chi connectivity index (χ0n) is 22.8. The Hall–Kier alpha value is -2.68. The van der Waals surface area contributed by atoms with Gasteiger partial charge in [0.25, 0.3) is 0 Å². The van der Waals surface area contributed by atoms with Gasteiger partial charge in [0.2, 0.25) is 0 Å². The second kappa shape index (κ2) is 16.9. The molecule has 0 aliphatic heterocycles. The zero-order valence-corrected chi connectivity index (χ0v) is 22.8. The van der Waals surface area contributed by atoms with Crippen LogP contribution in [0.1, 0.15) is 72.1 Å². The molecule has 210 valence electrons. The first kappa shape index (κ1) is 32.3. The van der Waals surface area contributed by atoms with Gasteiger partial charge >= 0.3 is 18.0 Å². The minimum Gasteiger partial charge on any atom is -0.466 e. The Balaban J connectivity index is 2.32. The molecule has 2 unspecified atom stereocenters. The molecule has 0 bridgehead atoms. The van der Waals surface area contributed by atoms with Crippen molar-refractivity contribution < 1.29 is 38.1 Å². The predicted octanol–water partition coefficient (Wildman–Crippen LogP) is 4.54. The summed E-state index contributed by atoms with van der Waals surface area (Å²) in [6.45, 7) is 15.0. The quantitative estimate of drug-likeness (QED) is 0.120. The van der Waals surface area contributed by atoms with E-state index in [1.54, 1.807) is 0 Å². The van der Waals surface area contributed by atoms with Gasteiger partial charge in [0.15, 0.2) is 5.78 Å². The number of alkyl carbamates (subject to hydrolysis) is 1. The lowest BCUT2D eigenvalue weighted by Gasteiger charge is -2.46. The van der Waals surface area contributed by atoms with E-state index < -0.39 is 12.1 Å². The van der Waals surface area contributed by atoms with Gasteiger partial charge in [-0.05, 0) is 67.8 Å². The third kappa shape index (κ3) is 15.2. The van der Waals surface area contributed by atoms with Crippen LogP contribution in [0.2, 0.25) is 0 Å². The number of amides is 1. The van der Waals surface area contributed by atoms with Crippen LogP contribution >= 0.6 is 0 Å². The standard InChI is InChI=1S/C28H45NO8/c1-6-23(30)19-34-12-8-9-15-37-26(33)29-21-28(5)18-22(17-27(3,4)20-28)16-25(32)36-14-11-10-13-35-24(31)7-2/h6-7,22H,1-2,8-21H2,3-5H3,(H,29,33). The molecule has 1 fully saturated rings. The minimum absolute atomic E-state index is 0.0213. The van der Waals surface area contributed by atoms with Crippen LogP contribution in [0.25, 0.3) is 0 Å². The molecule has 1 aliphatic rings. The maximum atomic E-state index is 12.4. The van der Waals surface area contributed by atoms with Crippen LogP contribution in [-0.4, -0.2) is 63.4 Å². The molecule has 0 radical (unpaired) electrons. The zero-order chi connectivity index (χ0) is 27.7. The van der Waals surface area contributed by atoms with Crippen LogP contribution in [0.3, 0.4) is 0 Å². The van der Waals surface area contributed by atoms with E-state index >= 15 is 0 Å². The Bertz CT molecular complexity index is 778. The monoisotopic (exact) mass is 523 g/mol. The van der Waals surface area contributed by atoms with Gasteiger partial charge in [0.1, 0.15) is 6.61 Å². The largest absolute Gasteiger partial charge is 0.466 e. The van der Waals surface area contributed by atoms with E-state index in [-0.39, 0.29) is 48.3 Å². The lowest BCUT2D eigenvalue weighted by Crippen LogP contribution is -2.44. The highest BCUT2D eigenvalue weighted by molar-refractivity contribution is 5.90. The fourth-order valence-electron chi connectivity index (χ4n) is 5.09. The van der Waals surface area contributed by atoms with Gasteiger partial charge in [-0.2, -0.15) is 0 Å². The number of rotatable bonds is 18. The molecule has 1 amide bonds. The van der Waals surface area contributed by atoms with Gasteiger partial charge in [0, 0.05) is 25.6 Å². The second-order valence-corrected chi connectivity index (χ2v) is 10.8. The molecule has 1 rings (SSSR count). The highest BCUT2D eigenvalue weighted by Gasteiger charge is 2.42. The summed E-state index contributed by atoms with van der Waals surface area (Å²) in [7, 11) is 0. The maximum Gasteiger partial charge on any atom is 0.407 e. The average Bonchev–Trinajstić information content (AvgIpc) is 2.82. The topological polar surface area (TPSA) is 117 Å². The number of hydrogen-bond acceptors (Lipinski definition) is 8.